The van der Waals surface area contributed by atoms with Crippen LogP contribution < -0.4 is 5.56 Å². The third-order valence-corrected chi connectivity index (χ3v) is 5.81. The van der Waals surface area contributed by atoms with E-state index in [-0.39, 0.29) is 29.4 Å². The summed E-state index contributed by atoms with van der Waals surface area (Å²) in [5.74, 6) is -1.29. The van der Waals surface area contributed by atoms with Gasteiger partial charge in [0.15, 0.2) is 0 Å². The van der Waals surface area contributed by atoms with Crippen molar-refractivity contribution in [2.45, 2.75) is 25.4 Å². The highest BCUT2D eigenvalue weighted by molar-refractivity contribution is 7.10. The van der Waals surface area contributed by atoms with Gasteiger partial charge in [-0.1, -0.05) is 6.07 Å². The Bertz CT molecular complexity index is 1130. The van der Waals surface area contributed by atoms with Crippen molar-refractivity contribution >= 4 is 33.8 Å². The Balaban J connectivity index is 1.65. The number of nitrogens with zero attached hydrogens (tertiary/aromatic N) is 4. The van der Waals surface area contributed by atoms with Gasteiger partial charge < -0.3 is 4.90 Å². The highest BCUT2D eigenvalue weighted by Crippen LogP contribution is 2.34. The summed E-state index contributed by atoms with van der Waals surface area (Å²) in [5.41, 5.74) is -1.41. The normalized spacial score (nSPS) is 16.6. The lowest BCUT2D eigenvalue weighted by atomic mass is 10.2. The first-order valence-corrected chi connectivity index (χ1v) is 9.49. The van der Waals surface area contributed by atoms with Crippen molar-refractivity contribution in [1.82, 2.24) is 14.5 Å². The minimum atomic E-state index is -1.06. The lowest BCUT2D eigenvalue weighted by molar-refractivity contribution is -0.387. The van der Waals surface area contributed by atoms with Crippen LogP contribution in [0.3, 0.4) is 0 Å². The molecule has 8 nitrogen and oxygen atoms in total. The molecule has 28 heavy (non-hydrogen) atoms. The van der Waals surface area contributed by atoms with E-state index in [1.165, 1.54) is 6.33 Å². The van der Waals surface area contributed by atoms with Gasteiger partial charge in [-0.3, -0.25) is 24.3 Å². The molecule has 0 bridgehead atoms. The molecule has 1 amide bonds. The number of thiophene rings is 1. The lowest BCUT2D eigenvalue weighted by Crippen LogP contribution is -2.36. The minimum Gasteiger partial charge on any atom is -0.333 e. The number of nitro benzene ring substituents is 1. The van der Waals surface area contributed by atoms with Crippen LogP contribution in [-0.4, -0.2) is 31.8 Å². The van der Waals surface area contributed by atoms with Crippen molar-refractivity contribution in [2.75, 3.05) is 6.54 Å². The number of likely N-dealkylation sites (tertiary alicyclic amines) is 1. The van der Waals surface area contributed by atoms with Crippen molar-refractivity contribution in [3.05, 3.63) is 67.1 Å². The van der Waals surface area contributed by atoms with E-state index in [0.29, 0.717) is 6.54 Å². The molecule has 1 aliphatic rings. The van der Waals surface area contributed by atoms with E-state index in [2.05, 4.69) is 4.98 Å². The molecule has 144 valence electrons. The monoisotopic (exact) mass is 402 g/mol. The predicted molar refractivity (Wildman–Crippen MR) is 101 cm³/mol. The fraction of sp³-hybridized carbons (Fsp3) is 0.278. The Kier molecular flexibility index (Phi) is 4.63. The highest BCUT2D eigenvalue weighted by Gasteiger charge is 2.30. The molecule has 1 saturated heterocycles. The van der Waals surface area contributed by atoms with Gasteiger partial charge in [-0.15, -0.1) is 11.3 Å². The number of hydrogen-bond donors (Lipinski definition) is 0. The fourth-order valence-corrected chi connectivity index (χ4v) is 4.37. The third kappa shape index (κ3) is 3.15. The SMILES string of the molecule is O=C(Cn1cnc2cc(F)c([N+](=O)[O-])cc2c1=O)N1CCC[C@@H]1c1cccs1. The number of carbonyl (C=O) groups excluding carboxylic acids is 1. The zero-order valence-electron chi connectivity index (χ0n) is 14.6. The lowest BCUT2D eigenvalue weighted by Gasteiger charge is -2.24. The van der Waals surface area contributed by atoms with Crippen LogP contribution in [0.15, 0.2) is 40.8 Å². The summed E-state index contributed by atoms with van der Waals surface area (Å²) in [7, 11) is 0. The second-order valence-electron chi connectivity index (χ2n) is 6.52. The van der Waals surface area contributed by atoms with Crippen LogP contribution in [0.25, 0.3) is 10.9 Å². The molecule has 1 aliphatic heterocycles. The topological polar surface area (TPSA) is 98.3 Å². The van der Waals surface area contributed by atoms with E-state index in [1.54, 1.807) is 16.2 Å². The quantitative estimate of drug-likeness (QED) is 0.494. The molecule has 2 aromatic heterocycles. The standard InChI is InChI=1S/C18H15FN4O4S/c19-12-8-13-11(7-15(12)23(26)27)18(25)21(10-20-13)9-17(24)22-5-1-3-14(22)16-4-2-6-28-16/h2,4,6-8,10,14H,1,3,5,9H2/t14-/m1/s1. The molecule has 1 fully saturated rings. The summed E-state index contributed by atoms with van der Waals surface area (Å²) in [5, 5.41) is 12.8. The van der Waals surface area contributed by atoms with Gasteiger partial charge in [0.2, 0.25) is 11.7 Å². The number of carbonyl (C=O) groups is 1. The number of aromatic nitrogens is 2. The van der Waals surface area contributed by atoms with Crippen molar-refractivity contribution in [3.63, 3.8) is 0 Å². The fourth-order valence-electron chi connectivity index (χ4n) is 3.50. The molecule has 0 spiro atoms. The molecule has 3 heterocycles. The maximum Gasteiger partial charge on any atom is 0.305 e. The van der Waals surface area contributed by atoms with Crippen molar-refractivity contribution in [3.8, 4) is 0 Å². The molecule has 0 N–H and O–H groups in total. The summed E-state index contributed by atoms with van der Waals surface area (Å²) < 4.78 is 14.9. The van der Waals surface area contributed by atoms with Crippen LogP contribution in [0.4, 0.5) is 10.1 Å². The largest absolute Gasteiger partial charge is 0.333 e. The molecule has 0 aliphatic carbocycles. The summed E-state index contributed by atoms with van der Waals surface area (Å²) in [6, 6.07) is 5.63. The Labute approximate surface area is 162 Å². The van der Waals surface area contributed by atoms with E-state index in [9.17, 15) is 24.1 Å². The number of rotatable bonds is 4. The predicted octanol–water partition coefficient (Wildman–Crippen LogP) is 2.87. The van der Waals surface area contributed by atoms with Gasteiger partial charge in [0.25, 0.3) is 5.56 Å². The van der Waals surface area contributed by atoms with E-state index in [0.717, 1.165) is 34.4 Å². The molecule has 0 saturated carbocycles. The second kappa shape index (κ2) is 7.12. The van der Waals surface area contributed by atoms with Crippen molar-refractivity contribution in [2.24, 2.45) is 0 Å². The molecule has 4 rings (SSSR count). The van der Waals surface area contributed by atoms with E-state index in [1.807, 2.05) is 17.5 Å². The average Bonchev–Trinajstić information content (AvgIpc) is 3.34. The van der Waals surface area contributed by atoms with Gasteiger partial charge in [-0.25, -0.2) is 4.98 Å². The molecule has 1 atom stereocenters. The first-order valence-electron chi connectivity index (χ1n) is 8.61. The Morgan fingerprint density at radius 2 is 2.25 bits per heavy atom. The zero-order chi connectivity index (χ0) is 19.8. The Morgan fingerprint density at radius 3 is 2.96 bits per heavy atom. The van der Waals surface area contributed by atoms with Gasteiger partial charge in [0.1, 0.15) is 6.54 Å². The summed E-state index contributed by atoms with van der Waals surface area (Å²) in [6.45, 7) is 0.378. The average molecular weight is 402 g/mol. The van der Waals surface area contributed by atoms with Gasteiger partial charge in [-0.2, -0.15) is 4.39 Å². The van der Waals surface area contributed by atoms with Gasteiger partial charge in [0.05, 0.1) is 28.2 Å². The molecule has 0 radical (unpaired) electrons. The zero-order valence-corrected chi connectivity index (χ0v) is 15.4. The van der Waals surface area contributed by atoms with Gasteiger partial charge in [0, 0.05) is 23.6 Å². The molecule has 0 unspecified atom stereocenters. The number of nitro groups is 1. The van der Waals surface area contributed by atoms with Crippen molar-refractivity contribution < 1.29 is 14.1 Å². The maximum absolute atomic E-state index is 13.7. The van der Waals surface area contributed by atoms with Crippen LogP contribution in [0.2, 0.25) is 0 Å². The van der Waals surface area contributed by atoms with Gasteiger partial charge >= 0.3 is 5.69 Å². The van der Waals surface area contributed by atoms with Gasteiger partial charge in [-0.05, 0) is 24.3 Å². The van der Waals surface area contributed by atoms with Crippen LogP contribution >= 0.6 is 11.3 Å². The molecule has 1 aromatic carbocycles. The first kappa shape index (κ1) is 18.2. The maximum atomic E-state index is 13.7. The smallest absolute Gasteiger partial charge is 0.305 e. The number of fused-ring (bicyclic) bond motifs is 1. The number of halogens is 1. The number of benzene rings is 1. The number of amides is 1. The van der Waals surface area contributed by atoms with Crippen molar-refractivity contribution in [1.29, 1.82) is 0 Å². The highest BCUT2D eigenvalue weighted by atomic mass is 32.1. The van der Waals surface area contributed by atoms with E-state index in [4.69, 9.17) is 0 Å². The van der Waals surface area contributed by atoms with E-state index >= 15 is 0 Å². The Hall–Kier alpha value is -3.14. The first-order chi connectivity index (χ1) is 13.5. The summed E-state index contributed by atoms with van der Waals surface area (Å²) in [6.07, 6.45) is 2.91. The minimum absolute atomic E-state index is 0.00759. The molecular weight excluding hydrogens is 387 g/mol. The molecule has 10 heteroatoms. The molecular formula is C18H15FN4O4S. The number of hydrogen-bond acceptors (Lipinski definition) is 6. The van der Waals surface area contributed by atoms with Crippen LogP contribution in [-0.2, 0) is 11.3 Å². The third-order valence-electron chi connectivity index (χ3n) is 4.84. The summed E-state index contributed by atoms with van der Waals surface area (Å²) >= 11 is 1.58. The Morgan fingerprint density at radius 1 is 1.43 bits per heavy atom. The molecule has 3 aromatic rings. The second-order valence-corrected chi connectivity index (χ2v) is 7.50. The van der Waals surface area contributed by atoms with Crippen LogP contribution in [0.1, 0.15) is 23.8 Å². The van der Waals surface area contributed by atoms with Crippen LogP contribution in [0, 0.1) is 15.9 Å². The summed E-state index contributed by atoms with van der Waals surface area (Å²) in [4.78, 5) is 42.4. The van der Waals surface area contributed by atoms with E-state index < -0.39 is 22.0 Å². The van der Waals surface area contributed by atoms with Crippen LogP contribution in [0.5, 0.6) is 0 Å².